The Hall–Kier alpha value is -2.96. The first kappa shape index (κ1) is 21.3. The summed E-state index contributed by atoms with van der Waals surface area (Å²) in [5.41, 5.74) is 3.20. The van der Waals surface area contributed by atoms with Gasteiger partial charge in [0.25, 0.3) is 5.91 Å². The summed E-state index contributed by atoms with van der Waals surface area (Å²) in [7, 11) is 0. The quantitative estimate of drug-likeness (QED) is 0.570. The number of fused-ring (bicyclic) bond motifs is 1. The van der Waals surface area contributed by atoms with E-state index in [-0.39, 0.29) is 11.9 Å². The van der Waals surface area contributed by atoms with Gasteiger partial charge in [0.15, 0.2) is 5.65 Å². The van der Waals surface area contributed by atoms with Gasteiger partial charge in [-0.3, -0.25) is 9.78 Å². The van der Waals surface area contributed by atoms with Gasteiger partial charge in [-0.2, -0.15) is 5.10 Å². The molecule has 7 heteroatoms. The van der Waals surface area contributed by atoms with Gasteiger partial charge in [-0.05, 0) is 44.7 Å². The molecule has 0 aliphatic heterocycles. The lowest BCUT2D eigenvalue weighted by Gasteiger charge is -2.29. The summed E-state index contributed by atoms with van der Waals surface area (Å²) in [5, 5.41) is 12.1. The molecule has 0 unspecified atom stereocenters. The first-order chi connectivity index (χ1) is 15.2. The fourth-order valence-electron chi connectivity index (χ4n) is 4.51. The Balaban J connectivity index is 1.56. The van der Waals surface area contributed by atoms with Gasteiger partial charge in [-0.15, -0.1) is 0 Å². The maximum Gasteiger partial charge on any atom is 0.254 e. The van der Waals surface area contributed by atoms with E-state index in [4.69, 9.17) is 0 Å². The minimum absolute atomic E-state index is 0.118. The average Bonchev–Trinajstić information content (AvgIpc) is 3.24. The second kappa shape index (κ2) is 9.90. The summed E-state index contributed by atoms with van der Waals surface area (Å²) in [5.74, 6) is 0.506. The molecule has 2 N–H and O–H groups in total. The van der Waals surface area contributed by atoms with Crippen molar-refractivity contribution in [2.24, 2.45) is 5.92 Å². The molecule has 1 amide bonds. The molecule has 1 saturated carbocycles. The number of hydrogen-bond donors (Lipinski definition) is 2. The summed E-state index contributed by atoms with van der Waals surface area (Å²) >= 11 is 0. The van der Waals surface area contributed by atoms with Gasteiger partial charge in [-0.25, -0.2) is 9.67 Å². The van der Waals surface area contributed by atoms with E-state index in [0.717, 1.165) is 29.0 Å². The molecule has 3 aromatic rings. The smallest absolute Gasteiger partial charge is 0.254 e. The second-order valence-corrected chi connectivity index (χ2v) is 8.40. The van der Waals surface area contributed by atoms with Crippen LogP contribution >= 0.6 is 0 Å². The van der Waals surface area contributed by atoms with E-state index in [1.807, 2.05) is 36.0 Å². The molecular weight excluding hydrogens is 388 g/mol. The van der Waals surface area contributed by atoms with Crippen LogP contribution in [-0.4, -0.2) is 38.2 Å². The van der Waals surface area contributed by atoms with Crippen molar-refractivity contribution in [2.45, 2.75) is 65.0 Å². The van der Waals surface area contributed by atoms with Crippen LogP contribution in [0.1, 0.15) is 62.0 Å². The number of nitrogens with zero attached hydrogens (tertiary/aromatic N) is 4. The zero-order chi connectivity index (χ0) is 21.6. The first-order valence-corrected chi connectivity index (χ1v) is 11.5. The highest BCUT2D eigenvalue weighted by Gasteiger charge is 2.24. The largest absolute Gasteiger partial charge is 0.381 e. The highest BCUT2D eigenvalue weighted by Crippen LogP contribution is 2.32. The lowest BCUT2D eigenvalue weighted by Crippen LogP contribution is -2.31. The highest BCUT2D eigenvalue weighted by atomic mass is 16.1. The number of rotatable bonds is 8. The van der Waals surface area contributed by atoms with Crippen molar-refractivity contribution in [3.8, 4) is 0 Å². The normalized spacial score (nSPS) is 15.7. The number of nitrogens with one attached hydrogen (secondary N) is 2. The number of amides is 1. The van der Waals surface area contributed by atoms with E-state index in [1.54, 1.807) is 12.4 Å². The van der Waals surface area contributed by atoms with Crippen molar-refractivity contribution in [3.05, 3.63) is 48.0 Å². The predicted octanol–water partition coefficient (Wildman–Crippen LogP) is 4.20. The molecule has 1 atom stereocenters. The third kappa shape index (κ3) is 4.86. The summed E-state index contributed by atoms with van der Waals surface area (Å²) in [6, 6.07) is 6.11. The molecule has 1 aliphatic rings. The minimum Gasteiger partial charge on any atom is -0.381 e. The Kier molecular flexibility index (Phi) is 6.79. The molecule has 1 fully saturated rings. The Morgan fingerprint density at radius 3 is 2.77 bits per heavy atom. The van der Waals surface area contributed by atoms with E-state index in [1.165, 1.54) is 32.1 Å². The topological polar surface area (TPSA) is 84.7 Å². The van der Waals surface area contributed by atoms with E-state index in [2.05, 4.69) is 32.6 Å². The van der Waals surface area contributed by atoms with E-state index in [0.29, 0.717) is 24.4 Å². The minimum atomic E-state index is -0.118. The summed E-state index contributed by atoms with van der Waals surface area (Å²) in [6.07, 6.45) is 12.4. The molecule has 4 rings (SSSR count). The number of carbonyl (C=O) groups is 1. The standard InChI is InChI=1S/C24H32N6O/c1-3-30-23-20(16-28-30)22(29-17(2)18-9-5-4-6-10-18)21(15-27-23)24(31)26-14-12-19-11-7-8-13-25-19/h7-8,11,13,15-18H,3-6,9-10,12,14H2,1-2H3,(H,26,31)(H,27,29)/t17-/m1/s1. The van der Waals surface area contributed by atoms with Gasteiger partial charge < -0.3 is 10.6 Å². The summed E-state index contributed by atoms with van der Waals surface area (Å²) in [6.45, 7) is 5.54. The zero-order valence-corrected chi connectivity index (χ0v) is 18.5. The van der Waals surface area contributed by atoms with Crippen molar-refractivity contribution in [2.75, 3.05) is 11.9 Å². The van der Waals surface area contributed by atoms with Crippen LogP contribution in [-0.2, 0) is 13.0 Å². The Labute approximate surface area is 183 Å². The van der Waals surface area contributed by atoms with Crippen LogP contribution in [0.3, 0.4) is 0 Å². The SMILES string of the molecule is CCn1ncc2c(N[C@H](C)C3CCCCC3)c(C(=O)NCCc3ccccn3)cnc21. The van der Waals surface area contributed by atoms with Crippen LogP contribution < -0.4 is 10.6 Å². The number of hydrogen-bond acceptors (Lipinski definition) is 5. The summed E-state index contributed by atoms with van der Waals surface area (Å²) < 4.78 is 1.87. The molecule has 3 aromatic heterocycles. The first-order valence-electron chi connectivity index (χ1n) is 11.5. The number of carbonyl (C=O) groups excluding carboxylic acids is 1. The highest BCUT2D eigenvalue weighted by molar-refractivity contribution is 6.06. The van der Waals surface area contributed by atoms with Crippen molar-refractivity contribution in [1.82, 2.24) is 25.1 Å². The number of anilines is 1. The van der Waals surface area contributed by atoms with Crippen LogP contribution in [0.4, 0.5) is 5.69 Å². The molecule has 0 radical (unpaired) electrons. The number of pyridine rings is 2. The molecule has 164 valence electrons. The number of aryl methyl sites for hydroxylation is 1. The molecule has 7 nitrogen and oxygen atoms in total. The summed E-state index contributed by atoms with van der Waals surface area (Å²) in [4.78, 5) is 22.0. The van der Waals surface area contributed by atoms with Crippen molar-refractivity contribution in [3.63, 3.8) is 0 Å². The van der Waals surface area contributed by atoms with Gasteiger partial charge in [0.1, 0.15) is 0 Å². The molecule has 31 heavy (non-hydrogen) atoms. The lowest BCUT2D eigenvalue weighted by molar-refractivity contribution is 0.0954. The maximum atomic E-state index is 13.1. The second-order valence-electron chi connectivity index (χ2n) is 8.40. The van der Waals surface area contributed by atoms with E-state index >= 15 is 0 Å². The molecule has 0 bridgehead atoms. The third-order valence-corrected chi connectivity index (χ3v) is 6.33. The maximum absolute atomic E-state index is 13.1. The Morgan fingerprint density at radius 1 is 1.19 bits per heavy atom. The van der Waals surface area contributed by atoms with Crippen LogP contribution in [0.15, 0.2) is 36.8 Å². The molecule has 0 spiro atoms. The average molecular weight is 421 g/mol. The molecule has 0 saturated heterocycles. The van der Waals surface area contributed by atoms with Crippen LogP contribution in [0, 0.1) is 5.92 Å². The predicted molar refractivity (Wildman–Crippen MR) is 123 cm³/mol. The van der Waals surface area contributed by atoms with Gasteiger partial charge in [-0.1, -0.05) is 25.3 Å². The van der Waals surface area contributed by atoms with Gasteiger partial charge >= 0.3 is 0 Å². The fraction of sp³-hybridized carbons (Fsp3) is 0.500. The lowest BCUT2D eigenvalue weighted by atomic mass is 9.84. The van der Waals surface area contributed by atoms with Crippen LogP contribution in [0.25, 0.3) is 11.0 Å². The Bertz CT molecular complexity index is 1010. The molecule has 0 aromatic carbocycles. The monoisotopic (exact) mass is 420 g/mol. The molecular formula is C24H32N6O. The fourth-order valence-corrected chi connectivity index (χ4v) is 4.51. The Morgan fingerprint density at radius 2 is 2.03 bits per heavy atom. The van der Waals surface area contributed by atoms with Crippen molar-refractivity contribution < 1.29 is 4.79 Å². The van der Waals surface area contributed by atoms with Gasteiger partial charge in [0.05, 0.1) is 22.8 Å². The molecule has 3 heterocycles. The third-order valence-electron chi connectivity index (χ3n) is 6.33. The van der Waals surface area contributed by atoms with E-state index < -0.39 is 0 Å². The zero-order valence-electron chi connectivity index (χ0n) is 18.5. The van der Waals surface area contributed by atoms with Crippen LogP contribution in [0.5, 0.6) is 0 Å². The van der Waals surface area contributed by atoms with Crippen molar-refractivity contribution >= 4 is 22.6 Å². The molecule has 1 aliphatic carbocycles. The van der Waals surface area contributed by atoms with Gasteiger partial charge in [0.2, 0.25) is 0 Å². The van der Waals surface area contributed by atoms with Gasteiger partial charge in [0, 0.05) is 43.6 Å². The number of aromatic nitrogens is 4. The van der Waals surface area contributed by atoms with Crippen LogP contribution in [0.2, 0.25) is 0 Å². The van der Waals surface area contributed by atoms with E-state index in [9.17, 15) is 4.79 Å². The van der Waals surface area contributed by atoms with Crippen molar-refractivity contribution in [1.29, 1.82) is 0 Å².